The van der Waals surface area contributed by atoms with E-state index in [1.807, 2.05) is 32.0 Å². The van der Waals surface area contributed by atoms with Crippen LogP contribution in [0.25, 0.3) is 5.69 Å². The summed E-state index contributed by atoms with van der Waals surface area (Å²) in [6, 6.07) is 11.8. The number of carbonyl (C=O) groups excluding carboxylic acids is 1. The molecule has 2 aromatic heterocycles. The lowest BCUT2D eigenvalue weighted by molar-refractivity contribution is -0.402. The van der Waals surface area contributed by atoms with Gasteiger partial charge in [-0.05, 0) is 30.0 Å². The Morgan fingerprint density at radius 2 is 1.87 bits per heavy atom. The Morgan fingerprint density at radius 1 is 1.13 bits per heavy atom. The molecule has 0 fully saturated rings. The van der Waals surface area contributed by atoms with Gasteiger partial charge in [-0.3, -0.25) is 24.8 Å². The van der Waals surface area contributed by atoms with Gasteiger partial charge in [0, 0.05) is 17.7 Å². The van der Waals surface area contributed by atoms with Gasteiger partial charge in [-0.1, -0.05) is 32.0 Å². The number of furan rings is 1. The number of ketones is 1. The molecule has 0 saturated heterocycles. The molecule has 0 saturated carbocycles. The second kappa shape index (κ2) is 6.56. The van der Waals surface area contributed by atoms with E-state index in [9.17, 15) is 19.7 Å². The number of rotatable bonds is 3. The first kappa shape index (κ1) is 19.1. The van der Waals surface area contributed by atoms with E-state index in [2.05, 4.69) is 10.4 Å². The van der Waals surface area contributed by atoms with Crippen molar-refractivity contribution in [2.45, 2.75) is 32.6 Å². The molecule has 9 heteroatoms. The molecule has 0 unspecified atom stereocenters. The van der Waals surface area contributed by atoms with E-state index in [1.165, 1.54) is 16.8 Å². The summed E-state index contributed by atoms with van der Waals surface area (Å²) < 4.78 is 6.88. The smallest absolute Gasteiger partial charge is 0.405 e. The molecule has 2 aliphatic rings. The van der Waals surface area contributed by atoms with Crippen LogP contribution in [0.15, 0.2) is 62.9 Å². The molecular weight excluding hydrogens is 400 g/mol. The number of hydrogen-bond acceptors (Lipinski definition) is 6. The van der Waals surface area contributed by atoms with Crippen molar-refractivity contribution in [2.75, 3.05) is 5.32 Å². The highest BCUT2D eigenvalue weighted by atomic mass is 16.6. The number of allylic oxidation sites excluding steroid dienone is 2. The number of nitro groups is 1. The number of para-hydroxylation sites is 1. The van der Waals surface area contributed by atoms with Crippen molar-refractivity contribution < 1.29 is 14.1 Å². The van der Waals surface area contributed by atoms with Crippen molar-refractivity contribution in [2.24, 2.45) is 5.41 Å². The topological polar surface area (TPSA) is 123 Å². The number of nitrogens with zero attached hydrogens (tertiary/aromatic N) is 2. The quantitative estimate of drug-likeness (QED) is 0.490. The van der Waals surface area contributed by atoms with Crippen LogP contribution in [0.2, 0.25) is 0 Å². The normalized spacial score (nSPS) is 19.5. The van der Waals surface area contributed by atoms with Gasteiger partial charge in [-0.25, -0.2) is 4.68 Å². The molecule has 1 aliphatic heterocycles. The Morgan fingerprint density at radius 3 is 2.55 bits per heavy atom. The lowest BCUT2D eigenvalue weighted by Gasteiger charge is -2.37. The van der Waals surface area contributed by atoms with Gasteiger partial charge in [0.1, 0.15) is 16.5 Å². The number of carbonyl (C=O) groups is 1. The fraction of sp³-hybridized carbons (Fsp3) is 0.273. The molecule has 0 spiro atoms. The molecule has 9 nitrogen and oxygen atoms in total. The summed E-state index contributed by atoms with van der Waals surface area (Å²) in [6.07, 6.45) is 0.921. The molecule has 2 N–H and O–H groups in total. The number of benzene rings is 1. The van der Waals surface area contributed by atoms with Crippen molar-refractivity contribution in [1.29, 1.82) is 0 Å². The minimum absolute atomic E-state index is 0.0969. The molecular formula is C22H20N4O5. The summed E-state index contributed by atoms with van der Waals surface area (Å²) in [7, 11) is 0. The molecule has 0 bridgehead atoms. The number of fused-ring (bicyclic) bond motifs is 1. The molecule has 1 aromatic carbocycles. The first-order chi connectivity index (χ1) is 14.7. The van der Waals surface area contributed by atoms with Gasteiger partial charge >= 0.3 is 5.88 Å². The predicted molar refractivity (Wildman–Crippen MR) is 112 cm³/mol. The van der Waals surface area contributed by atoms with Crippen LogP contribution >= 0.6 is 0 Å². The molecule has 5 rings (SSSR count). The van der Waals surface area contributed by atoms with E-state index in [4.69, 9.17) is 4.42 Å². The molecule has 1 atom stereocenters. The fourth-order valence-electron chi connectivity index (χ4n) is 4.53. The number of hydrogen-bond donors (Lipinski definition) is 2. The van der Waals surface area contributed by atoms with Gasteiger partial charge < -0.3 is 9.73 Å². The summed E-state index contributed by atoms with van der Waals surface area (Å²) in [5.41, 5.74) is 1.49. The Labute approximate surface area is 176 Å². The summed E-state index contributed by atoms with van der Waals surface area (Å²) in [4.78, 5) is 37.1. The van der Waals surface area contributed by atoms with Gasteiger partial charge in [0.25, 0.3) is 5.56 Å². The average molecular weight is 420 g/mol. The van der Waals surface area contributed by atoms with E-state index in [-0.39, 0.29) is 22.5 Å². The van der Waals surface area contributed by atoms with Crippen LogP contribution < -0.4 is 10.9 Å². The second-order valence-electron chi connectivity index (χ2n) is 8.70. The van der Waals surface area contributed by atoms with Crippen LogP contribution in [0.1, 0.15) is 43.9 Å². The van der Waals surface area contributed by atoms with Gasteiger partial charge in [0.15, 0.2) is 5.78 Å². The van der Waals surface area contributed by atoms with Gasteiger partial charge in [0.05, 0.1) is 23.2 Å². The zero-order chi connectivity index (χ0) is 21.9. The lowest BCUT2D eigenvalue weighted by atomic mass is 9.70. The van der Waals surface area contributed by atoms with E-state index in [1.54, 1.807) is 12.1 Å². The minimum Gasteiger partial charge on any atom is -0.405 e. The average Bonchev–Trinajstić information content (AvgIpc) is 3.32. The number of aromatic amines is 1. The Balaban J connectivity index is 1.74. The third-order valence-electron chi connectivity index (χ3n) is 5.79. The number of anilines is 1. The minimum atomic E-state index is -0.822. The molecule has 3 heterocycles. The van der Waals surface area contributed by atoms with Crippen LogP contribution in [0, 0.1) is 15.5 Å². The molecule has 31 heavy (non-hydrogen) atoms. The second-order valence-corrected chi connectivity index (χ2v) is 8.70. The molecule has 0 radical (unpaired) electrons. The van der Waals surface area contributed by atoms with Crippen LogP contribution in [0.5, 0.6) is 0 Å². The third kappa shape index (κ3) is 3.00. The zero-order valence-electron chi connectivity index (χ0n) is 17.0. The van der Waals surface area contributed by atoms with E-state index < -0.39 is 16.7 Å². The molecule has 158 valence electrons. The first-order valence-corrected chi connectivity index (χ1v) is 9.93. The lowest BCUT2D eigenvalue weighted by Crippen LogP contribution is -2.35. The maximum absolute atomic E-state index is 13.4. The van der Waals surface area contributed by atoms with Crippen LogP contribution in [-0.2, 0) is 4.79 Å². The number of H-pyrrole nitrogens is 1. The van der Waals surface area contributed by atoms with Gasteiger partial charge in [0.2, 0.25) is 0 Å². The molecule has 0 amide bonds. The summed E-state index contributed by atoms with van der Waals surface area (Å²) in [6.45, 7) is 4.02. The summed E-state index contributed by atoms with van der Waals surface area (Å²) >= 11 is 0. The summed E-state index contributed by atoms with van der Waals surface area (Å²) in [5.74, 6) is -0.689. The van der Waals surface area contributed by atoms with Crippen molar-refractivity contribution in [1.82, 2.24) is 9.78 Å². The third-order valence-corrected chi connectivity index (χ3v) is 5.79. The van der Waals surface area contributed by atoms with E-state index in [0.29, 0.717) is 41.2 Å². The van der Waals surface area contributed by atoms with Gasteiger partial charge in [-0.15, -0.1) is 0 Å². The first-order valence-electron chi connectivity index (χ1n) is 9.93. The SMILES string of the molecule is CC1(C)CC(=O)C2=C(C1)Nc1[nH]n(-c3ccccc3)c(=O)c1[C@@H]2c1ccc([N+](=O)[O-])o1. The molecule has 3 aromatic rings. The maximum Gasteiger partial charge on any atom is 0.433 e. The summed E-state index contributed by atoms with van der Waals surface area (Å²) in [5, 5.41) is 17.5. The fourth-order valence-corrected chi connectivity index (χ4v) is 4.53. The Kier molecular flexibility index (Phi) is 4.04. The van der Waals surface area contributed by atoms with Crippen molar-refractivity contribution in [3.05, 3.63) is 85.5 Å². The number of aromatic nitrogens is 2. The van der Waals surface area contributed by atoms with Crippen molar-refractivity contribution >= 4 is 17.5 Å². The van der Waals surface area contributed by atoms with Gasteiger partial charge in [-0.2, -0.15) is 0 Å². The number of Topliss-reactive ketones (excluding diaryl/α,β-unsaturated/α-hetero) is 1. The van der Waals surface area contributed by atoms with Crippen molar-refractivity contribution in [3.8, 4) is 5.69 Å². The monoisotopic (exact) mass is 420 g/mol. The zero-order valence-corrected chi connectivity index (χ0v) is 17.0. The maximum atomic E-state index is 13.4. The largest absolute Gasteiger partial charge is 0.433 e. The van der Waals surface area contributed by atoms with Crippen LogP contribution in [0.4, 0.5) is 11.7 Å². The number of nitrogens with one attached hydrogen (secondary N) is 2. The highest BCUT2D eigenvalue weighted by Crippen LogP contribution is 2.48. The Hall–Kier alpha value is -3.88. The van der Waals surface area contributed by atoms with E-state index >= 15 is 0 Å². The van der Waals surface area contributed by atoms with E-state index in [0.717, 1.165) is 0 Å². The van der Waals surface area contributed by atoms with Crippen molar-refractivity contribution in [3.63, 3.8) is 0 Å². The Bertz CT molecular complexity index is 1310. The molecule has 1 aliphatic carbocycles. The predicted octanol–water partition coefficient (Wildman–Crippen LogP) is 3.87. The van der Waals surface area contributed by atoms with Crippen LogP contribution in [0.3, 0.4) is 0 Å². The standard InChI is InChI=1S/C22H20N4O5/c1-22(2)10-13-17(14(27)11-22)18(15-8-9-16(31-15)26(29)30)19-20(23-13)24-25(21(19)28)12-6-4-3-5-7-12/h3-9,18,23-24H,10-11H2,1-2H3/t18-/m1/s1. The van der Waals surface area contributed by atoms with Crippen LogP contribution in [-0.4, -0.2) is 20.5 Å². The highest BCUT2D eigenvalue weighted by molar-refractivity contribution is 6.01. The highest BCUT2D eigenvalue weighted by Gasteiger charge is 2.44.